The number of ether oxygens (including phenoxy) is 2. The van der Waals surface area contributed by atoms with Crippen LogP contribution in [0.3, 0.4) is 0 Å². The van der Waals surface area contributed by atoms with Gasteiger partial charge in [0.15, 0.2) is 6.61 Å². The number of Topliss-reactive ketones (excluding diaryl/α,β-unsaturated/α-hetero) is 1. The number of benzene rings is 1. The van der Waals surface area contributed by atoms with Crippen molar-refractivity contribution in [2.24, 2.45) is 0 Å². The fourth-order valence-electron chi connectivity index (χ4n) is 1.95. The number of aryl methyl sites for hydroxylation is 2. The summed E-state index contributed by atoms with van der Waals surface area (Å²) in [6.07, 6.45) is 0. The lowest BCUT2D eigenvalue weighted by atomic mass is 10.1. The molecule has 6 nitrogen and oxygen atoms in total. The Bertz CT molecular complexity index is 703. The lowest BCUT2D eigenvalue weighted by Gasteiger charge is -2.08. The van der Waals surface area contributed by atoms with Gasteiger partial charge >= 0.3 is 5.97 Å². The number of methoxy groups -OCH3 is 1. The van der Waals surface area contributed by atoms with Crippen LogP contribution in [0.15, 0.2) is 22.7 Å². The molecule has 0 amide bonds. The molecule has 7 heteroatoms. The van der Waals surface area contributed by atoms with Crippen molar-refractivity contribution in [3.63, 3.8) is 0 Å². The highest BCUT2D eigenvalue weighted by Gasteiger charge is 2.21. The van der Waals surface area contributed by atoms with Gasteiger partial charge in [0.05, 0.1) is 18.4 Å². The third kappa shape index (κ3) is 3.13. The molecule has 0 N–H and O–H groups in total. The van der Waals surface area contributed by atoms with E-state index >= 15 is 0 Å². The number of halogens is 1. The van der Waals surface area contributed by atoms with E-state index in [4.69, 9.17) is 14.0 Å². The van der Waals surface area contributed by atoms with E-state index in [1.54, 1.807) is 13.8 Å². The fourth-order valence-corrected chi connectivity index (χ4v) is 1.95. The largest absolute Gasteiger partial charge is 0.496 e. The van der Waals surface area contributed by atoms with E-state index in [9.17, 15) is 14.0 Å². The lowest BCUT2D eigenvalue weighted by molar-refractivity contribution is 0.0471. The molecule has 1 aromatic heterocycles. The van der Waals surface area contributed by atoms with Crippen LogP contribution in [0.4, 0.5) is 4.39 Å². The molecule has 0 saturated carbocycles. The molecule has 116 valence electrons. The summed E-state index contributed by atoms with van der Waals surface area (Å²) in [5, 5.41) is 3.63. The first-order valence-electron chi connectivity index (χ1n) is 6.40. The molecule has 0 fully saturated rings. The van der Waals surface area contributed by atoms with Crippen LogP contribution >= 0.6 is 0 Å². The molecule has 0 saturated heterocycles. The summed E-state index contributed by atoms with van der Waals surface area (Å²) in [4.78, 5) is 24.0. The highest BCUT2D eigenvalue weighted by atomic mass is 19.1. The molecule has 0 aliphatic carbocycles. The second-order valence-corrected chi connectivity index (χ2v) is 4.54. The van der Waals surface area contributed by atoms with Gasteiger partial charge in [0.25, 0.3) is 0 Å². The Morgan fingerprint density at radius 3 is 2.64 bits per heavy atom. The minimum absolute atomic E-state index is 0.00839. The summed E-state index contributed by atoms with van der Waals surface area (Å²) in [5.74, 6) is -1.37. The predicted octanol–water partition coefficient (Wildman–Crippen LogP) is 2.48. The van der Waals surface area contributed by atoms with E-state index in [-0.39, 0.29) is 16.9 Å². The monoisotopic (exact) mass is 307 g/mol. The third-order valence-electron chi connectivity index (χ3n) is 3.03. The molecule has 22 heavy (non-hydrogen) atoms. The third-order valence-corrected chi connectivity index (χ3v) is 3.03. The number of carbonyl (C=O) groups excluding carboxylic acids is 2. The van der Waals surface area contributed by atoms with Crippen LogP contribution < -0.4 is 4.74 Å². The van der Waals surface area contributed by atoms with Gasteiger partial charge in [-0.15, -0.1) is 0 Å². The van der Waals surface area contributed by atoms with Gasteiger partial charge in [0, 0.05) is 0 Å². The fraction of sp³-hybridized carbons (Fsp3) is 0.267. The Kier molecular flexibility index (Phi) is 4.55. The minimum Gasteiger partial charge on any atom is -0.496 e. The van der Waals surface area contributed by atoms with E-state index in [1.807, 2.05) is 0 Å². The number of hydrogen-bond acceptors (Lipinski definition) is 6. The van der Waals surface area contributed by atoms with Crippen molar-refractivity contribution in [2.45, 2.75) is 13.8 Å². The van der Waals surface area contributed by atoms with Crippen molar-refractivity contribution in [3.05, 3.63) is 46.6 Å². The van der Waals surface area contributed by atoms with E-state index in [0.29, 0.717) is 11.5 Å². The molecule has 1 heterocycles. The van der Waals surface area contributed by atoms with Crippen LogP contribution in [0, 0.1) is 19.7 Å². The maximum Gasteiger partial charge on any atom is 0.344 e. The maximum atomic E-state index is 13.2. The Hall–Kier alpha value is -2.70. The van der Waals surface area contributed by atoms with Gasteiger partial charge < -0.3 is 14.0 Å². The molecular weight excluding hydrogens is 293 g/mol. The normalized spacial score (nSPS) is 10.4. The molecule has 1 aromatic carbocycles. The molecule has 2 rings (SSSR count). The summed E-state index contributed by atoms with van der Waals surface area (Å²) in [7, 11) is 1.36. The molecular formula is C15H14FNO5. The molecule has 0 spiro atoms. The summed E-state index contributed by atoms with van der Waals surface area (Å²) < 4.78 is 28.0. The standard InChI is InChI=1S/C15H14FNO5/c1-8-14(9(2)22-17-8)15(19)21-7-12(18)11-6-10(16)4-5-13(11)20-3/h4-6H,7H2,1-3H3. The molecule has 2 aromatic rings. The zero-order valence-electron chi connectivity index (χ0n) is 12.3. The topological polar surface area (TPSA) is 78.6 Å². The molecule has 0 radical (unpaired) electrons. The Balaban J connectivity index is 2.10. The van der Waals surface area contributed by atoms with Gasteiger partial charge in [-0.25, -0.2) is 9.18 Å². The van der Waals surface area contributed by atoms with Crippen LogP contribution in [0.25, 0.3) is 0 Å². The number of rotatable bonds is 5. The van der Waals surface area contributed by atoms with E-state index in [1.165, 1.54) is 19.2 Å². The Morgan fingerprint density at radius 1 is 1.32 bits per heavy atom. The van der Waals surface area contributed by atoms with E-state index < -0.39 is 24.2 Å². The predicted molar refractivity (Wildman–Crippen MR) is 73.5 cm³/mol. The van der Waals surface area contributed by atoms with Gasteiger partial charge in [-0.1, -0.05) is 5.16 Å². The Morgan fingerprint density at radius 2 is 2.05 bits per heavy atom. The zero-order valence-corrected chi connectivity index (χ0v) is 12.3. The zero-order chi connectivity index (χ0) is 16.3. The van der Waals surface area contributed by atoms with Crippen molar-refractivity contribution in [1.29, 1.82) is 0 Å². The smallest absolute Gasteiger partial charge is 0.344 e. The maximum absolute atomic E-state index is 13.2. The van der Waals surface area contributed by atoms with Crippen molar-refractivity contribution in [1.82, 2.24) is 5.16 Å². The summed E-state index contributed by atoms with van der Waals surface area (Å²) in [6.45, 7) is 2.61. The van der Waals surface area contributed by atoms with Crippen LogP contribution in [0.2, 0.25) is 0 Å². The molecule has 0 aliphatic heterocycles. The highest BCUT2D eigenvalue weighted by molar-refractivity contribution is 6.01. The average molecular weight is 307 g/mol. The first kappa shape index (κ1) is 15.7. The van der Waals surface area contributed by atoms with Crippen LogP contribution in [-0.2, 0) is 4.74 Å². The number of carbonyl (C=O) groups is 2. The van der Waals surface area contributed by atoms with Crippen LogP contribution in [-0.4, -0.2) is 30.6 Å². The van der Waals surface area contributed by atoms with E-state index in [2.05, 4.69) is 5.16 Å². The Labute approximate surface area is 125 Å². The van der Waals surface area contributed by atoms with E-state index in [0.717, 1.165) is 6.07 Å². The van der Waals surface area contributed by atoms with Crippen LogP contribution in [0.1, 0.15) is 32.2 Å². The van der Waals surface area contributed by atoms with Crippen LogP contribution in [0.5, 0.6) is 5.75 Å². The van der Waals surface area contributed by atoms with Gasteiger partial charge in [0.2, 0.25) is 5.78 Å². The van der Waals surface area contributed by atoms with Crippen molar-refractivity contribution in [2.75, 3.05) is 13.7 Å². The van der Waals surface area contributed by atoms with Gasteiger partial charge in [-0.3, -0.25) is 4.79 Å². The minimum atomic E-state index is -0.722. The highest BCUT2D eigenvalue weighted by Crippen LogP contribution is 2.20. The molecule has 0 aliphatic rings. The number of nitrogens with zero attached hydrogens (tertiary/aromatic N) is 1. The van der Waals surface area contributed by atoms with Crippen molar-refractivity contribution >= 4 is 11.8 Å². The van der Waals surface area contributed by atoms with Crippen molar-refractivity contribution in [3.8, 4) is 5.75 Å². The quantitative estimate of drug-likeness (QED) is 0.624. The molecule has 0 atom stereocenters. The summed E-state index contributed by atoms with van der Waals surface area (Å²) in [6, 6.07) is 3.54. The number of esters is 1. The second-order valence-electron chi connectivity index (χ2n) is 4.54. The number of aromatic nitrogens is 1. The molecule has 0 unspecified atom stereocenters. The van der Waals surface area contributed by atoms with Crippen molar-refractivity contribution < 1.29 is 28.0 Å². The SMILES string of the molecule is COc1ccc(F)cc1C(=O)COC(=O)c1c(C)noc1C. The first-order valence-corrected chi connectivity index (χ1v) is 6.40. The lowest BCUT2D eigenvalue weighted by Crippen LogP contribution is -2.16. The number of hydrogen-bond donors (Lipinski definition) is 0. The second kappa shape index (κ2) is 6.38. The molecule has 0 bridgehead atoms. The summed E-state index contributed by atoms with van der Waals surface area (Å²) in [5.41, 5.74) is 0.561. The van der Waals surface area contributed by atoms with Gasteiger partial charge in [-0.2, -0.15) is 0 Å². The van der Waals surface area contributed by atoms with Gasteiger partial charge in [-0.05, 0) is 32.0 Å². The first-order chi connectivity index (χ1) is 10.4. The number of ketones is 1. The van der Waals surface area contributed by atoms with Gasteiger partial charge in [0.1, 0.15) is 22.9 Å². The summed E-state index contributed by atoms with van der Waals surface area (Å²) >= 11 is 0. The average Bonchev–Trinajstić information content (AvgIpc) is 2.83.